The molecular formula is C13H13N5O2. The number of aromatic carboxylic acids is 1. The summed E-state index contributed by atoms with van der Waals surface area (Å²) in [5, 5.41) is 17.3. The summed E-state index contributed by atoms with van der Waals surface area (Å²) >= 11 is 0. The van der Waals surface area contributed by atoms with E-state index in [-0.39, 0.29) is 5.56 Å². The van der Waals surface area contributed by atoms with Crippen LogP contribution in [-0.2, 0) is 13.1 Å². The van der Waals surface area contributed by atoms with Gasteiger partial charge in [0.1, 0.15) is 11.0 Å². The van der Waals surface area contributed by atoms with Crippen LogP contribution >= 0.6 is 0 Å². The molecule has 0 saturated heterocycles. The number of aromatic nitrogens is 5. The fraction of sp³-hybridized carbons (Fsp3) is 0.231. The SMILES string of the molecule is O=C(O)c1cccc2nnn(CCCn3ccnc3)c12. The van der Waals surface area contributed by atoms with Crippen LogP contribution in [0.2, 0.25) is 0 Å². The molecule has 3 aromatic rings. The number of hydrogen-bond acceptors (Lipinski definition) is 4. The van der Waals surface area contributed by atoms with Crippen LogP contribution in [0.15, 0.2) is 36.9 Å². The summed E-state index contributed by atoms with van der Waals surface area (Å²) < 4.78 is 3.62. The number of carboxylic acid groups (broad SMARTS) is 1. The molecule has 0 amide bonds. The lowest BCUT2D eigenvalue weighted by atomic mass is 10.2. The maximum Gasteiger partial charge on any atom is 0.337 e. The summed E-state index contributed by atoms with van der Waals surface area (Å²) in [4.78, 5) is 15.2. The van der Waals surface area contributed by atoms with Crippen molar-refractivity contribution in [1.29, 1.82) is 0 Å². The van der Waals surface area contributed by atoms with Crippen molar-refractivity contribution < 1.29 is 9.90 Å². The molecule has 0 spiro atoms. The van der Waals surface area contributed by atoms with Crippen molar-refractivity contribution in [2.75, 3.05) is 0 Å². The molecule has 0 aliphatic rings. The Bertz CT molecular complexity index is 732. The average molecular weight is 271 g/mol. The maximum absolute atomic E-state index is 11.2. The van der Waals surface area contributed by atoms with Crippen LogP contribution < -0.4 is 0 Å². The first kappa shape index (κ1) is 12.3. The summed E-state index contributed by atoms with van der Waals surface area (Å²) in [5.41, 5.74) is 1.41. The van der Waals surface area contributed by atoms with Crippen molar-refractivity contribution in [2.24, 2.45) is 0 Å². The van der Waals surface area contributed by atoms with Gasteiger partial charge in [0.15, 0.2) is 0 Å². The molecule has 3 rings (SSSR count). The molecule has 0 atom stereocenters. The largest absolute Gasteiger partial charge is 0.478 e. The molecule has 7 nitrogen and oxygen atoms in total. The lowest BCUT2D eigenvalue weighted by Gasteiger charge is -2.05. The van der Waals surface area contributed by atoms with Gasteiger partial charge in [-0.25, -0.2) is 14.5 Å². The van der Waals surface area contributed by atoms with Crippen LogP contribution in [0.25, 0.3) is 11.0 Å². The van der Waals surface area contributed by atoms with Gasteiger partial charge in [0, 0.05) is 25.5 Å². The summed E-state index contributed by atoms with van der Waals surface area (Å²) in [5.74, 6) is -0.964. The minimum atomic E-state index is -0.964. The molecule has 0 fully saturated rings. The second-order valence-electron chi connectivity index (χ2n) is 4.45. The van der Waals surface area contributed by atoms with Gasteiger partial charge in [-0.15, -0.1) is 5.10 Å². The van der Waals surface area contributed by atoms with Crippen LogP contribution in [0, 0.1) is 0 Å². The number of aryl methyl sites for hydroxylation is 2. The van der Waals surface area contributed by atoms with Gasteiger partial charge in [-0.05, 0) is 18.6 Å². The molecule has 0 saturated carbocycles. The smallest absolute Gasteiger partial charge is 0.337 e. The number of carbonyl (C=O) groups is 1. The second-order valence-corrected chi connectivity index (χ2v) is 4.45. The molecule has 20 heavy (non-hydrogen) atoms. The summed E-state index contributed by atoms with van der Waals surface area (Å²) in [7, 11) is 0. The van der Waals surface area contributed by atoms with Gasteiger partial charge in [0.2, 0.25) is 0 Å². The number of rotatable bonds is 5. The lowest BCUT2D eigenvalue weighted by Crippen LogP contribution is -2.07. The minimum Gasteiger partial charge on any atom is -0.478 e. The molecule has 0 bridgehead atoms. The predicted octanol–water partition coefficient (Wildman–Crippen LogP) is 1.42. The van der Waals surface area contributed by atoms with E-state index in [1.165, 1.54) is 0 Å². The van der Waals surface area contributed by atoms with E-state index in [0.29, 0.717) is 17.6 Å². The minimum absolute atomic E-state index is 0.232. The Morgan fingerprint density at radius 2 is 2.20 bits per heavy atom. The van der Waals surface area contributed by atoms with E-state index in [1.807, 2.05) is 10.8 Å². The van der Waals surface area contributed by atoms with Gasteiger partial charge in [0.25, 0.3) is 0 Å². The maximum atomic E-state index is 11.2. The molecule has 2 heterocycles. The summed E-state index contributed by atoms with van der Waals surface area (Å²) in [6.07, 6.45) is 6.19. The highest BCUT2D eigenvalue weighted by Crippen LogP contribution is 2.17. The second kappa shape index (κ2) is 5.12. The number of nitrogens with zero attached hydrogens (tertiary/aromatic N) is 5. The molecule has 0 unspecified atom stereocenters. The van der Waals surface area contributed by atoms with Crippen LogP contribution in [0.1, 0.15) is 16.8 Å². The van der Waals surface area contributed by atoms with Crippen molar-refractivity contribution >= 4 is 17.0 Å². The van der Waals surface area contributed by atoms with Crippen molar-refractivity contribution in [3.63, 3.8) is 0 Å². The quantitative estimate of drug-likeness (QED) is 0.758. The summed E-state index contributed by atoms with van der Waals surface area (Å²) in [6.45, 7) is 1.41. The Balaban J connectivity index is 1.82. The van der Waals surface area contributed by atoms with E-state index >= 15 is 0 Å². The number of hydrogen-bond donors (Lipinski definition) is 1. The highest BCUT2D eigenvalue weighted by molar-refractivity contribution is 6.00. The lowest BCUT2D eigenvalue weighted by molar-refractivity contribution is 0.0698. The number of benzene rings is 1. The van der Waals surface area contributed by atoms with Gasteiger partial charge in [-0.3, -0.25) is 0 Å². The molecule has 0 aliphatic heterocycles. The van der Waals surface area contributed by atoms with E-state index < -0.39 is 5.97 Å². The normalized spacial score (nSPS) is 11.0. The van der Waals surface area contributed by atoms with Gasteiger partial charge in [-0.2, -0.15) is 0 Å². The first-order valence-electron chi connectivity index (χ1n) is 6.27. The van der Waals surface area contributed by atoms with Gasteiger partial charge >= 0.3 is 5.97 Å². The third kappa shape index (κ3) is 2.25. The highest BCUT2D eigenvalue weighted by Gasteiger charge is 2.14. The Labute approximate surface area is 114 Å². The first-order chi connectivity index (χ1) is 9.75. The van der Waals surface area contributed by atoms with E-state index in [2.05, 4.69) is 15.3 Å². The zero-order valence-electron chi connectivity index (χ0n) is 10.7. The first-order valence-corrected chi connectivity index (χ1v) is 6.27. The predicted molar refractivity (Wildman–Crippen MR) is 71.3 cm³/mol. The zero-order chi connectivity index (χ0) is 13.9. The van der Waals surface area contributed by atoms with Crippen molar-refractivity contribution in [3.05, 3.63) is 42.5 Å². The number of imidazole rings is 1. The van der Waals surface area contributed by atoms with Crippen LogP contribution in [0.3, 0.4) is 0 Å². The number of carboxylic acids is 1. The topological polar surface area (TPSA) is 85.8 Å². The third-order valence-corrected chi connectivity index (χ3v) is 3.11. The van der Waals surface area contributed by atoms with Gasteiger partial charge in [-0.1, -0.05) is 11.3 Å². The van der Waals surface area contributed by atoms with Crippen molar-refractivity contribution in [1.82, 2.24) is 24.5 Å². The molecule has 0 radical (unpaired) electrons. The standard InChI is InChI=1S/C13H13N5O2/c19-13(20)10-3-1-4-11-12(10)18(16-15-11)7-2-6-17-8-5-14-9-17/h1,3-5,8-9H,2,6-7H2,(H,19,20). The monoisotopic (exact) mass is 271 g/mol. The molecule has 0 aliphatic carbocycles. The van der Waals surface area contributed by atoms with Crippen LogP contribution in [0.4, 0.5) is 0 Å². The highest BCUT2D eigenvalue weighted by atomic mass is 16.4. The van der Waals surface area contributed by atoms with Gasteiger partial charge < -0.3 is 9.67 Å². The Hall–Kier alpha value is -2.70. The van der Waals surface area contributed by atoms with E-state index in [0.717, 1.165) is 13.0 Å². The van der Waals surface area contributed by atoms with Crippen LogP contribution in [-0.4, -0.2) is 35.6 Å². The fourth-order valence-corrected chi connectivity index (χ4v) is 2.18. The molecule has 1 aromatic carbocycles. The Morgan fingerprint density at radius 1 is 1.30 bits per heavy atom. The molecule has 7 heteroatoms. The fourth-order valence-electron chi connectivity index (χ4n) is 2.18. The van der Waals surface area contributed by atoms with E-state index in [9.17, 15) is 9.90 Å². The Kier molecular flexibility index (Phi) is 3.16. The summed E-state index contributed by atoms with van der Waals surface area (Å²) in [6, 6.07) is 5.01. The number of para-hydroxylation sites is 1. The zero-order valence-corrected chi connectivity index (χ0v) is 10.7. The molecular weight excluding hydrogens is 258 g/mol. The number of fused-ring (bicyclic) bond motifs is 1. The van der Waals surface area contributed by atoms with Gasteiger partial charge in [0.05, 0.1) is 11.9 Å². The molecule has 2 aromatic heterocycles. The van der Waals surface area contributed by atoms with E-state index in [4.69, 9.17) is 0 Å². The van der Waals surface area contributed by atoms with Crippen LogP contribution in [0.5, 0.6) is 0 Å². The average Bonchev–Trinajstić information content (AvgIpc) is 3.08. The van der Waals surface area contributed by atoms with Crippen molar-refractivity contribution in [3.8, 4) is 0 Å². The Morgan fingerprint density at radius 3 is 2.95 bits per heavy atom. The third-order valence-electron chi connectivity index (χ3n) is 3.11. The molecule has 102 valence electrons. The molecule has 1 N–H and O–H groups in total. The van der Waals surface area contributed by atoms with E-state index in [1.54, 1.807) is 35.4 Å². The van der Waals surface area contributed by atoms with Crippen molar-refractivity contribution in [2.45, 2.75) is 19.5 Å².